The van der Waals surface area contributed by atoms with Crippen molar-refractivity contribution in [1.82, 2.24) is 15.2 Å². The van der Waals surface area contributed by atoms with Crippen LogP contribution in [0.4, 0.5) is 0 Å². The minimum absolute atomic E-state index is 0.0399. The van der Waals surface area contributed by atoms with Crippen molar-refractivity contribution in [2.24, 2.45) is 0 Å². The highest BCUT2D eigenvalue weighted by atomic mass is 16.2. The van der Waals surface area contributed by atoms with E-state index in [0.29, 0.717) is 0 Å². The van der Waals surface area contributed by atoms with Crippen molar-refractivity contribution in [2.75, 3.05) is 14.1 Å². The highest BCUT2D eigenvalue weighted by Gasteiger charge is 2.30. The summed E-state index contributed by atoms with van der Waals surface area (Å²) in [6, 6.07) is 3.90. The zero-order valence-electron chi connectivity index (χ0n) is 11.2. The van der Waals surface area contributed by atoms with Gasteiger partial charge >= 0.3 is 0 Å². The molecule has 17 heavy (non-hydrogen) atoms. The van der Waals surface area contributed by atoms with Crippen LogP contribution in [0.2, 0.25) is 0 Å². The molecular weight excluding hydrogens is 214 g/mol. The van der Waals surface area contributed by atoms with E-state index in [4.69, 9.17) is 0 Å². The van der Waals surface area contributed by atoms with Gasteiger partial charge in [0.25, 0.3) is 0 Å². The van der Waals surface area contributed by atoms with E-state index in [-0.39, 0.29) is 11.9 Å². The van der Waals surface area contributed by atoms with E-state index in [2.05, 4.69) is 10.3 Å². The Bertz CT molecular complexity index is 376. The fourth-order valence-corrected chi connectivity index (χ4v) is 1.59. The first-order valence-electron chi connectivity index (χ1n) is 5.76. The van der Waals surface area contributed by atoms with Crippen LogP contribution in [0, 0.1) is 0 Å². The average molecular weight is 235 g/mol. The quantitative estimate of drug-likeness (QED) is 0.862. The molecule has 1 atom stereocenters. The maximum Gasteiger partial charge on any atom is 0.242 e. The number of nitrogens with one attached hydrogen (secondary N) is 1. The molecule has 0 aromatic carbocycles. The molecule has 0 fully saturated rings. The van der Waals surface area contributed by atoms with Gasteiger partial charge in [-0.05, 0) is 45.5 Å². The van der Waals surface area contributed by atoms with E-state index in [1.807, 2.05) is 40.0 Å². The van der Waals surface area contributed by atoms with Crippen molar-refractivity contribution in [3.05, 3.63) is 30.1 Å². The van der Waals surface area contributed by atoms with Crippen molar-refractivity contribution < 1.29 is 4.79 Å². The third kappa shape index (κ3) is 3.03. The van der Waals surface area contributed by atoms with E-state index < -0.39 is 5.54 Å². The summed E-state index contributed by atoms with van der Waals surface area (Å²) in [6.45, 7) is 5.77. The lowest BCUT2D eigenvalue weighted by atomic mass is 10.0. The fraction of sp³-hybridized carbons (Fsp3) is 0.538. The van der Waals surface area contributed by atoms with Crippen molar-refractivity contribution >= 4 is 5.91 Å². The van der Waals surface area contributed by atoms with Crippen molar-refractivity contribution in [1.29, 1.82) is 0 Å². The molecule has 1 rings (SSSR count). The zero-order chi connectivity index (χ0) is 13.1. The lowest BCUT2D eigenvalue weighted by Crippen LogP contribution is -2.52. The van der Waals surface area contributed by atoms with Crippen molar-refractivity contribution in [3.63, 3.8) is 0 Å². The Kier molecular flexibility index (Phi) is 4.23. The fourth-order valence-electron chi connectivity index (χ4n) is 1.59. The number of carbonyl (C=O) groups excluding carboxylic acids is 1. The number of rotatable bonds is 4. The largest absolute Gasteiger partial charge is 0.337 e. The number of aromatic nitrogens is 1. The van der Waals surface area contributed by atoms with Gasteiger partial charge in [0.05, 0.1) is 11.6 Å². The number of carbonyl (C=O) groups is 1. The summed E-state index contributed by atoms with van der Waals surface area (Å²) in [4.78, 5) is 18.0. The van der Waals surface area contributed by atoms with Gasteiger partial charge in [-0.1, -0.05) is 0 Å². The predicted octanol–water partition coefficient (Wildman–Crippen LogP) is 1.60. The third-order valence-corrected chi connectivity index (χ3v) is 3.25. The van der Waals surface area contributed by atoms with Crippen LogP contribution in [-0.2, 0) is 4.79 Å². The normalized spacial score (nSPS) is 13.2. The average Bonchev–Trinajstić information content (AvgIpc) is 2.37. The lowest BCUT2D eigenvalue weighted by Gasteiger charge is -2.33. The monoisotopic (exact) mass is 235 g/mol. The Labute approximate surface area is 103 Å². The number of hydrogen-bond acceptors (Lipinski definition) is 3. The van der Waals surface area contributed by atoms with Crippen molar-refractivity contribution in [2.45, 2.75) is 32.4 Å². The molecule has 0 saturated heterocycles. The molecular formula is C13H21N3O. The molecule has 0 aliphatic rings. The SMILES string of the molecule is CNC(C)(C)C(=O)N(C)C(C)c1ccncc1. The van der Waals surface area contributed by atoms with Gasteiger partial charge in [-0.15, -0.1) is 0 Å². The Balaban J connectivity index is 2.84. The second-order valence-corrected chi connectivity index (χ2v) is 4.75. The van der Waals surface area contributed by atoms with E-state index >= 15 is 0 Å². The molecule has 0 saturated carbocycles. The molecule has 1 N–H and O–H groups in total. The summed E-state index contributed by atoms with van der Waals surface area (Å²) in [5, 5.41) is 3.02. The second kappa shape index (κ2) is 5.27. The topological polar surface area (TPSA) is 45.2 Å². The number of hydrogen-bond donors (Lipinski definition) is 1. The number of amides is 1. The summed E-state index contributed by atoms with van der Waals surface area (Å²) >= 11 is 0. The van der Waals surface area contributed by atoms with Gasteiger partial charge in [0, 0.05) is 19.4 Å². The van der Waals surface area contributed by atoms with Crippen LogP contribution in [0.15, 0.2) is 24.5 Å². The van der Waals surface area contributed by atoms with Gasteiger partial charge in [-0.25, -0.2) is 0 Å². The van der Waals surface area contributed by atoms with E-state index in [1.165, 1.54) is 0 Å². The Morgan fingerprint density at radius 3 is 2.41 bits per heavy atom. The van der Waals surface area contributed by atoms with Gasteiger partial charge < -0.3 is 10.2 Å². The standard InChI is InChI=1S/C13H21N3O/c1-10(11-6-8-15-9-7-11)16(5)12(17)13(2,3)14-4/h6-10,14H,1-5H3. The zero-order valence-corrected chi connectivity index (χ0v) is 11.2. The van der Waals surface area contributed by atoms with Crippen LogP contribution in [0.25, 0.3) is 0 Å². The first kappa shape index (κ1) is 13.6. The molecule has 94 valence electrons. The van der Waals surface area contributed by atoms with Gasteiger partial charge in [-0.3, -0.25) is 9.78 Å². The molecule has 0 aliphatic carbocycles. The van der Waals surface area contributed by atoms with Crippen LogP contribution in [0.5, 0.6) is 0 Å². The minimum atomic E-state index is -0.546. The molecule has 0 spiro atoms. The first-order valence-corrected chi connectivity index (χ1v) is 5.76. The summed E-state index contributed by atoms with van der Waals surface area (Å²) in [7, 11) is 3.62. The molecule has 0 aliphatic heterocycles. The molecule has 1 aromatic heterocycles. The summed E-state index contributed by atoms with van der Waals surface area (Å²) < 4.78 is 0. The van der Waals surface area contributed by atoms with E-state index in [1.54, 1.807) is 24.3 Å². The number of nitrogens with zero attached hydrogens (tertiary/aromatic N) is 2. The van der Waals surface area contributed by atoms with Crippen LogP contribution < -0.4 is 5.32 Å². The van der Waals surface area contributed by atoms with Crippen LogP contribution in [0.3, 0.4) is 0 Å². The highest BCUT2D eigenvalue weighted by Crippen LogP contribution is 2.20. The van der Waals surface area contributed by atoms with Crippen LogP contribution in [-0.4, -0.2) is 35.4 Å². The minimum Gasteiger partial charge on any atom is -0.337 e. The van der Waals surface area contributed by atoms with E-state index in [9.17, 15) is 4.79 Å². The molecule has 1 heterocycles. The van der Waals surface area contributed by atoms with Gasteiger partial charge in [0.2, 0.25) is 5.91 Å². The summed E-state index contributed by atoms with van der Waals surface area (Å²) in [5.41, 5.74) is 0.540. The molecule has 4 heteroatoms. The van der Waals surface area contributed by atoms with Crippen LogP contribution >= 0.6 is 0 Å². The Morgan fingerprint density at radius 2 is 1.94 bits per heavy atom. The third-order valence-electron chi connectivity index (χ3n) is 3.25. The molecule has 4 nitrogen and oxygen atoms in total. The number of likely N-dealkylation sites (N-methyl/N-ethyl adjacent to an activating group) is 2. The molecule has 0 bridgehead atoms. The maximum absolute atomic E-state index is 12.3. The highest BCUT2D eigenvalue weighted by molar-refractivity contribution is 5.85. The molecule has 1 amide bonds. The predicted molar refractivity (Wildman–Crippen MR) is 68.6 cm³/mol. The van der Waals surface area contributed by atoms with Gasteiger partial charge in [0.1, 0.15) is 0 Å². The van der Waals surface area contributed by atoms with E-state index in [0.717, 1.165) is 5.56 Å². The molecule has 1 aromatic rings. The number of pyridine rings is 1. The first-order chi connectivity index (χ1) is 7.90. The Hall–Kier alpha value is -1.42. The molecule has 1 unspecified atom stereocenters. The lowest BCUT2D eigenvalue weighted by molar-refractivity contribution is -0.137. The smallest absolute Gasteiger partial charge is 0.242 e. The van der Waals surface area contributed by atoms with Crippen molar-refractivity contribution in [3.8, 4) is 0 Å². The molecule has 0 radical (unpaired) electrons. The summed E-state index contributed by atoms with van der Waals surface area (Å²) in [5.74, 6) is 0.0734. The van der Waals surface area contributed by atoms with Gasteiger partial charge in [-0.2, -0.15) is 0 Å². The maximum atomic E-state index is 12.3. The second-order valence-electron chi connectivity index (χ2n) is 4.75. The summed E-state index contributed by atoms with van der Waals surface area (Å²) in [6.07, 6.45) is 3.49. The van der Waals surface area contributed by atoms with Gasteiger partial charge in [0.15, 0.2) is 0 Å². The Morgan fingerprint density at radius 1 is 1.41 bits per heavy atom. The van der Waals surface area contributed by atoms with Crippen LogP contribution in [0.1, 0.15) is 32.4 Å².